The van der Waals surface area contributed by atoms with E-state index in [0.29, 0.717) is 0 Å². The zero-order valence-corrected chi connectivity index (χ0v) is 10.2. The Hall–Kier alpha value is -1.51. The lowest BCUT2D eigenvalue weighted by Crippen LogP contribution is -2.35. The van der Waals surface area contributed by atoms with E-state index in [9.17, 15) is 4.79 Å². The number of fused-ring (bicyclic) bond motifs is 3. The molecule has 17 heavy (non-hydrogen) atoms. The Morgan fingerprint density at radius 3 is 3.00 bits per heavy atom. The average Bonchev–Trinajstić information content (AvgIpc) is 2.37. The Kier molecular flexibility index (Phi) is 2.54. The first-order chi connectivity index (χ1) is 8.27. The molecule has 0 saturated heterocycles. The zero-order valence-electron chi connectivity index (χ0n) is 10.2. The SMILES string of the molecule is CC(=O)N1CCCc2ccc3c(c21)CCCO3. The van der Waals surface area contributed by atoms with Gasteiger partial charge in [0.15, 0.2) is 0 Å². The zero-order chi connectivity index (χ0) is 11.8. The van der Waals surface area contributed by atoms with E-state index in [1.807, 2.05) is 4.90 Å². The first-order valence-electron chi connectivity index (χ1n) is 6.33. The van der Waals surface area contributed by atoms with Crippen molar-refractivity contribution < 1.29 is 9.53 Å². The molecule has 2 aliphatic rings. The lowest BCUT2D eigenvalue weighted by atomic mass is 9.93. The van der Waals surface area contributed by atoms with Gasteiger partial charge in [0.1, 0.15) is 5.75 Å². The normalized spacial score (nSPS) is 18.1. The number of rotatable bonds is 0. The summed E-state index contributed by atoms with van der Waals surface area (Å²) >= 11 is 0. The first-order valence-corrected chi connectivity index (χ1v) is 6.33. The summed E-state index contributed by atoms with van der Waals surface area (Å²) < 4.78 is 5.68. The molecule has 3 nitrogen and oxygen atoms in total. The minimum absolute atomic E-state index is 0.143. The molecule has 0 N–H and O–H groups in total. The molecule has 1 aromatic carbocycles. The molecule has 0 saturated carbocycles. The van der Waals surface area contributed by atoms with Crippen LogP contribution in [0.5, 0.6) is 5.75 Å². The maximum absolute atomic E-state index is 11.7. The number of carbonyl (C=O) groups is 1. The van der Waals surface area contributed by atoms with E-state index < -0.39 is 0 Å². The van der Waals surface area contributed by atoms with Gasteiger partial charge in [-0.25, -0.2) is 0 Å². The summed E-state index contributed by atoms with van der Waals surface area (Å²) in [6, 6.07) is 4.19. The van der Waals surface area contributed by atoms with Crippen molar-refractivity contribution in [3.05, 3.63) is 23.3 Å². The highest BCUT2D eigenvalue weighted by Gasteiger charge is 2.26. The third-order valence-electron chi connectivity index (χ3n) is 3.63. The molecule has 0 aromatic heterocycles. The highest BCUT2D eigenvalue weighted by molar-refractivity contribution is 5.94. The van der Waals surface area contributed by atoms with Crippen molar-refractivity contribution in [1.29, 1.82) is 0 Å². The Balaban J connectivity index is 2.15. The van der Waals surface area contributed by atoms with Crippen molar-refractivity contribution in [2.75, 3.05) is 18.1 Å². The van der Waals surface area contributed by atoms with Gasteiger partial charge in [-0.05, 0) is 37.3 Å². The summed E-state index contributed by atoms with van der Waals surface area (Å²) in [7, 11) is 0. The standard InChI is InChI=1S/C14H17NO2/c1-10(16)15-8-2-4-11-6-7-13-12(14(11)15)5-3-9-17-13/h6-7H,2-5,8-9H2,1H3. The highest BCUT2D eigenvalue weighted by Crippen LogP contribution is 2.39. The molecule has 1 amide bonds. The van der Waals surface area contributed by atoms with Gasteiger partial charge in [0.2, 0.25) is 5.91 Å². The smallest absolute Gasteiger partial charge is 0.223 e. The maximum Gasteiger partial charge on any atom is 0.223 e. The molecule has 0 bridgehead atoms. The number of amides is 1. The number of hydrogen-bond donors (Lipinski definition) is 0. The molecule has 3 rings (SSSR count). The van der Waals surface area contributed by atoms with Crippen molar-refractivity contribution in [2.24, 2.45) is 0 Å². The van der Waals surface area contributed by atoms with Crippen LogP contribution in [0, 0.1) is 0 Å². The van der Waals surface area contributed by atoms with Gasteiger partial charge in [-0.3, -0.25) is 4.79 Å². The van der Waals surface area contributed by atoms with Crippen LogP contribution in [-0.4, -0.2) is 19.1 Å². The number of carbonyl (C=O) groups excluding carboxylic acids is 1. The van der Waals surface area contributed by atoms with Crippen LogP contribution in [0.1, 0.15) is 30.9 Å². The van der Waals surface area contributed by atoms with E-state index in [0.717, 1.165) is 50.3 Å². The Bertz CT molecular complexity index is 468. The van der Waals surface area contributed by atoms with E-state index in [1.165, 1.54) is 11.1 Å². The summed E-state index contributed by atoms with van der Waals surface area (Å²) in [5.74, 6) is 1.12. The van der Waals surface area contributed by atoms with Gasteiger partial charge in [-0.15, -0.1) is 0 Å². The Morgan fingerprint density at radius 2 is 2.18 bits per heavy atom. The molecular weight excluding hydrogens is 214 g/mol. The van der Waals surface area contributed by atoms with Crippen molar-refractivity contribution >= 4 is 11.6 Å². The lowest BCUT2D eigenvalue weighted by molar-refractivity contribution is -0.116. The topological polar surface area (TPSA) is 29.5 Å². The van der Waals surface area contributed by atoms with Gasteiger partial charge in [0.05, 0.1) is 12.3 Å². The van der Waals surface area contributed by atoms with Crippen LogP contribution in [0.4, 0.5) is 5.69 Å². The molecule has 0 unspecified atom stereocenters. The van der Waals surface area contributed by atoms with Crippen molar-refractivity contribution in [2.45, 2.75) is 32.6 Å². The van der Waals surface area contributed by atoms with E-state index in [-0.39, 0.29) is 5.91 Å². The number of nitrogens with zero attached hydrogens (tertiary/aromatic N) is 1. The molecule has 0 atom stereocenters. The Labute approximate surface area is 101 Å². The van der Waals surface area contributed by atoms with Crippen LogP contribution in [-0.2, 0) is 17.6 Å². The number of ether oxygens (including phenoxy) is 1. The summed E-state index contributed by atoms with van der Waals surface area (Å²) in [4.78, 5) is 13.7. The molecule has 0 radical (unpaired) electrons. The van der Waals surface area contributed by atoms with E-state index in [1.54, 1.807) is 6.92 Å². The van der Waals surface area contributed by atoms with Crippen molar-refractivity contribution in [3.63, 3.8) is 0 Å². The number of hydrogen-bond acceptors (Lipinski definition) is 2. The fraction of sp³-hybridized carbons (Fsp3) is 0.500. The molecule has 0 spiro atoms. The average molecular weight is 231 g/mol. The number of aryl methyl sites for hydroxylation is 1. The predicted octanol–water partition coefficient (Wildman–Crippen LogP) is 2.31. The molecular formula is C14H17NO2. The predicted molar refractivity (Wildman–Crippen MR) is 66.6 cm³/mol. The summed E-state index contributed by atoms with van der Waals surface area (Å²) in [5.41, 5.74) is 3.68. The molecule has 2 heterocycles. The van der Waals surface area contributed by atoms with E-state index in [2.05, 4.69) is 12.1 Å². The third-order valence-corrected chi connectivity index (χ3v) is 3.63. The minimum Gasteiger partial charge on any atom is -0.493 e. The number of anilines is 1. The number of benzene rings is 1. The summed E-state index contributed by atoms with van der Waals surface area (Å²) in [5, 5.41) is 0. The fourth-order valence-electron chi connectivity index (χ4n) is 2.87. The van der Waals surface area contributed by atoms with Crippen LogP contribution in [0.25, 0.3) is 0 Å². The van der Waals surface area contributed by atoms with Crippen LogP contribution < -0.4 is 9.64 Å². The second-order valence-electron chi connectivity index (χ2n) is 4.78. The van der Waals surface area contributed by atoms with Gasteiger partial charge < -0.3 is 9.64 Å². The van der Waals surface area contributed by atoms with Gasteiger partial charge in [0, 0.05) is 19.0 Å². The summed E-state index contributed by atoms with van der Waals surface area (Å²) in [6.45, 7) is 3.29. The minimum atomic E-state index is 0.143. The van der Waals surface area contributed by atoms with Gasteiger partial charge in [0.25, 0.3) is 0 Å². The molecule has 0 aliphatic carbocycles. The Morgan fingerprint density at radius 1 is 1.29 bits per heavy atom. The van der Waals surface area contributed by atoms with Crippen LogP contribution in [0.3, 0.4) is 0 Å². The fourth-order valence-corrected chi connectivity index (χ4v) is 2.87. The second kappa shape index (κ2) is 4.06. The van der Waals surface area contributed by atoms with Crippen LogP contribution >= 0.6 is 0 Å². The van der Waals surface area contributed by atoms with Crippen LogP contribution in [0.15, 0.2) is 12.1 Å². The molecule has 1 aromatic rings. The molecule has 0 fully saturated rings. The molecule has 3 heteroatoms. The molecule has 2 aliphatic heterocycles. The van der Waals surface area contributed by atoms with Crippen LogP contribution in [0.2, 0.25) is 0 Å². The van der Waals surface area contributed by atoms with Crippen molar-refractivity contribution in [1.82, 2.24) is 0 Å². The quantitative estimate of drug-likeness (QED) is 0.685. The van der Waals surface area contributed by atoms with E-state index >= 15 is 0 Å². The monoisotopic (exact) mass is 231 g/mol. The summed E-state index contributed by atoms with van der Waals surface area (Å²) in [6.07, 6.45) is 4.22. The molecule has 90 valence electrons. The lowest BCUT2D eigenvalue weighted by Gasteiger charge is -2.33. The van der Waals surface area contributed by atoms with Crippen molar-refractivity contribution in [3.8, 4) is 5.75 Å². The second-order valence-corrected chi connectivity index (χ2v) is 4.78. The van der Waals surface area contributed by atoms with E-state index in [4.69, 9.17) is 4.74 Å². The van der Waals surface area contributed by atoms with Gasteiger partial charge in [-0.2, -0.15) is 0 Å². The first kappa shape index (κ1) is 10.6. The highest BCUT2D eigenvalue weighted by atomic mass is 16.5. The third kappa shape index (κ3) is 1.70. The van der Waals surface area contributed by atoms with Gasteiger partial charge >= 0.3 is 0 Å². The largest absolute Gasteiger partial charge is 0.493 e. The van der Waals surface area contributed by atoms with Gasteiger partial charge in [-0.1, -0.05) is 6.07 Å². The maximum atomic E-state index is 11.7.